The minimum Gasteiger partial charge on any atom is -0.255 e. The number of hydrogen-bond donors (Lipinski definition) is 0. The second-order valence-electron chi connectivity index (χ2n) is 12.1. The lowest BCUT2D eigenvalue weighted by Crippen LogP contribution is -2.26. The number of hydrogen-bond acceptors (Lipinski definition) is 2. The molecule has 8 aromatic rings. The summed E-state index contributed by atoms with van der Waals surface area (Å²) >= 11 is 0. The SMILES string of the molecule is c1ccc(-c2cc(-c3cc4c(c5ccccc35)-c3ccc5ccccc5c3C43c4ccccc4-c4ccccc43)ccn2)nc1. The van der Waals surface area contributed by atoms with Crippen LogP contribution in [0, 0.1) is 0 Å². The lowest BCUT2D eigenvalue weighted by Gasteiger charge is -2.32. The van der Waals surface area contributed by atoms with Crippen LogP contribution in [0.25, 0.3) is 66.3 Å². The molecule has 0 saturated heterocycles. The third-order valence-electron chi connectivity index (χ3n) is 9.97. The molecule has 2 heteroatoms. The standard InChI is InChI=1S/C43H26N2/c1-2-12-29-27(11-1)20-21-34-41-33-16-4-3-13-30(33)35(28-22-24-45-40(25-28)39-19-9-10-23-44-39)26-38(41)43(42(29)34)36-17-7-5-14-31(36)32-15-6-8-18-37(32)43/h1-26H. The highest BCUT2D eigenvalue weighted by atomic mass is 14.8. The fourth-order valence-electron chi connectivity index (χ4n) is 8.27. The first-order valence-corrected chi connectivity index (χ1v) is 15.5. The fourth-order valence-corrected chi connectivity index (χ4v) is 8.27. The lowest BCUT2D eigenvalue weighted by atomic mass is 9.69. The number of fused-ring (bicyclic) bond motifs is 14. The van der Waals surface area contributed by atoms with Crippen molar-refractivity contribution in [3.8, 4) is 44.8 Å². The highest BCUT2D eigenvalue weighted by molar-refractivity contribution is 6.14. The van der Waals surface area contributed by atoms with Crippen LogP contribution in [0.5, 0.6) is 0 Å². The van der Waals surface area contributed by atoms with E-state index in [4.69, 9.17) is 4.98 Å². The quantitative estimate of drug-likeness (QED) is 0.207. The van der Waals surface area contributed by atoms with Crippen molar-refractivity contribution >= 4 is 21.5 Å². The van der Waals surface area contributed by atoms with Crippen LogP contribution in [0.4, 0.5) is 0 Å². The van der Waals surface area contributed by atoms with Crippen molar-refractivity contribution in [2.75, 3.05) is 0 Å². The van der Waals surface area contributed by atoms with E-state index in [0.29, 0.717) is 0 Å². The molecule has 0 bridgehead atoms. The van der Waals surface area contributed by atoms with E-state index < -0.39 is 5.41 Å². The number of nitrogens with zero attached hydrogens (tertiary/aromatic N) is 2. The Kier molecular flexibility index (Phi) is 4.95. The summed E-state index contributed by atoms with van der Waals surface area (Å²) in [6.07, 6.45) is 3.74. The maximum absolute atomic E-state index is 4.72. The van der Waals surface area contributed by atoms with E-state index in [0.717, 1.165) is 17.0 Å². The highest BCUT2D eigenvalue weighted by Gasteiger charge is 2.53. The van der Waals surface area contributed by atoms with Gasteiger partial charge in [-0.1, -0.05) is 115 Å². The average Bonchev–Trinajstić information content (AvgIpc) is 3.59. The molecule has 0 aliphatic heterocycles. The molecule has 2 aliphatic carbocycles. The Morgan fingerprint density at radius 2 is 1.07 bits per heavy atom. The molecule has 0 unspecified atom stereocenters. The van der Waals surface area contributed by atoms with Gasteiger partial charge in [0.1, 0.15) is 0 Å². The van der Waals surface area contributed by atoms with Gasteiger partial charge in [0.05, 0.1) is 16.8 Å². The van der Waals surface area contributed by atoms with Crippen molar-refractivity contribution in [1.29, 1.82) is 0 Å². The van der Waals surface area contributed by atoms with Gasteiger partial charge in [0.15, 0.2) is 0 Å². The number of benzene rings is 6. The minimum absolute atomic E-state index is 0.450. The van der Waals surface area contributed by atoms with Crippen molar-refractivity contribution in [3.05, 3.63) is 180 Å². The van der Waals surface area contributed by atoms with E-state index in [9.17, 15) is 0 Å². The zero-order chi connectivity index (χ0) is 29.5. The van der Waals surface area contributed by atoms with E-state index in [-0.39, 0.29) is 0 Å². The molecule has 0 atom stereocenters. The largest absolute Gasteiger partial charge is 0.255 e. The maximum atomic E-state index is 4.72. The summed E-state index contributed by atoms with van der Waals surface area (Å²) in [5, 5.41) is 5.09. The molecule has 0 saturated carbocycles. The van der Waals surface area contributed by atoms with Crippen LogP contribution in [-0.2, 0) is 5.41 Å². The first-order chi connectivity index (χ1) is 22.3. The molecule has 0 radical (unpaired) electrons. The Labute approximate surface area is 261 Å². The summed E-state index contributed by atoms with van der Waals surface area (Å²) in [5.41, 5.74) is 14.4. The molecule has 45 heavy (non-hydrogen) atoms. The van der Waals surface area contributed by atoms with Gasteiger partial charge in [-0.25, -0.2) is 0 Å². The van der Waals surface area contributed by atoms with Crippen molar-refractivity contribution in [2.24, 2.45) is 0 Å². The van der Waals surface area contributed by atoms with Crippen LogP contribution in [0.1, 0.15) is 22.3 Å². The van der Waals surface area contributed by atoms with E-state index in [1.54, 1.807) is 0 Å². The molecule has 1 spiro atoms. The topological polar surface area (TPSA) is 25.8 Å². The normalized spacial score (nSPS) is 13.5. The van der Waals surface area contributed by atoms with Gasteiger partial charge in [0.25, 0.3) is 0 Å². The van der Waals surface area contributed by atoms with Gasteiger partial charge in [-0.3, -0.25) is 9.97 Å². The smallest absolute Gasteiger partial charge is 0.0892 e. The molecular weight excluding hydrogens is 544 g/mol. The molecular formula is C43H26N2. The summed E-state index contributed by atoms with van der Waals surface area (Å²) in [4.78, 5) is 9.33. The van der Waals surface area contributed by atoms with Gasteiger partial charge in [-0.2, -0.15) is 0 Å². The third kappa shape index (κ3) is 3.18. The molecule has 10 rings (SSSR count). The van der Waals surface area contributed by atoms with Gasteiger partial charge in [0, 0.05) is 12.4 Å². The summed E-state index contributed by atoms with van der Waals surface area (Å²) in [5.74, 6) is 0. The second-order valence-corrected chi connectivity index (χ2v) is 12.1. The van der Waals surface area contributed by atoms with Crippen molar-refractivity contribution in [2.45, 2.75) is 5.41 Å². The predicted molar refractivity (Wildman–Crippen MR) is 184 cm³/mol. The first-order valence-electron chi connectivity index (χ1n) is 15.5. The van der Waals surface area contributed by atoms with Crippen LogP contribution in [-0.4, -0.2) is 9.97 Å². The second kappa shape index (κ2) is 9.07. The Balaban J connectivity index is 1.39. The molecule has 208 valence electrons. The Hall–Kier alpha value is -5.86. The van der Waals surface area contributed by atoms with Crippen LogP contribution < -0.4 is 0 Å². The molecule has 0 fully saturated rings. The number of pyridine rings is 2. The molecule has 2 aromatic heterocycles. The molecule has 2 nitrogen and oxygen atoms in total. The third-order valence-corrected chi connectivity index (χ3v) is 9.97. The van der Waals surface area contributed by atoms with Gasteiger partial charge >= 0.3 is 0 Å². The fraction of sp³-hybridized carbons (Fsp3) is 0.0233. The Morgan fingerprint density at radius 3 is 1.84 bits per heavy atom. The van der Waals surface area contributed by atoms with Gasteiger partial charge in [-0.15, -0.1) is 0 Å². The molecule has 6 aromatic carbocycles. The summed E-state index contributed by atoms with van der Waals surface area (Å²) in [6.45, 7) is 0. The van der Waals surface area contributed by atoms with Crippen molar-refractivity contribution < 1.29 is 0 Å². The van der Waals surface area contributed by atoms with Crippen LogP contribution in [0.15, 0.2) is 158 Å². The van der Waals surface area contributed by atoms with E-state index in [1.165, 1.54) is 71.6 Å². The number of rotatable bonds is 2. The van der Waals surface area contributed by atoms with Gasteiger partial charge in [0.2, 0.25) is 0 Å². The molecule has 2 aliphatic rings. The zero-order valence-electron chi connectivity index (χ0n) is 24.4. The first kappa shape index (κ1) is 24.6. The van der Waals surface area contributed by atoms with E-state index in [1.807, 2.05) is 30.6 Å². The number of aromatic nitrogens is 2. The maximum Gasteiger partial charge on any atom is 0.0892 e. The summed E-state index contributed by atoms with van der Waals surface area (Å²) < 4.78 is 0. The van der Waals surface area contributed by atoms with Crippen molar-refractivity contribution in [1.82, 2.24) is 9.97 Å². The predicted octanol–water partition coefficient (Wildman–Crippen LogP) is 10.5. The van der Waals surface area contributed by atoms with Crippen LogP contribution in [0.2, 0.25) is 0 Å². The van der Waals surface area contributed by atoms with Crippen LogP contribution >= 0.6 is 0 Å². The summed E-state index contributed by atoms with van der Waals surface area (Å²) in [7, 11) is 0. The van der Waals surface area contributed by atoms with Crippen molar-refractivity contribution in [3.63, 3.8) is 0 Å². The Bertz CT molecular complexity index is 2450. The Morgan fingerprint density at radius 1 is 0.400 bits per heavy atom. The summed E-state index contributed by atoms with van der Waals surface area (Å²) in [6, 6.07) is 53.4. The van der Waals surface area contributed by atoms with Crippen LogP contribution in [0.3, 0.4) is 0 Å². The van der Waals surface area contributed by atoms with E-state index >= 15 is 0 Å². The minimum atomic E-state index is -0.450. The highest BCUT2D eigenvalue weighted by Crippen LogP contribution is 2.65. The average molecular weight is 571 g/mol. The zero-order valence-corrected chi connectivity index (χ0v) is 24.4. The van der Waals surface area contributed by atoms with E-state index in [2.05, 4.69) is 132 Å². The van der Waals surface area contributed by atoms with Gasteiger partial charge < -0.3 is 0 Å². The molecule has 2 heterocycles. The monoisotopic (exact) mass is 570 g/mol. The molecule has 0 N–H and O–H groups in total. The van der Waals surface area contributed by atoms with Gasteiger partial charge in [-0.05, 0) is 108 Å². The molecule has 0 amide bonds. The lowest BCUT2D eigenvalue weighted by molar-refractivity contribution is 0.802.